The predicted octanol–water partition coefficient (Wildman–Crippen LogP) is 8.14. The molecule has 2 N–H and O–H groups in total. The summed E-state index contributed by atoms with van der Waals surface area (Å²) >= 11 is 1.60. The molecule has 5 rings (SSSR count). The molecule has 0 unspecified atom stereocenters. The summed E-state index contributed by atoms with van der Waals surface area (Å²) in [4.78, 5) is 30.4. The van der Waals surface area contributed by atoms with Crippen molar-refractivity contribution in [3.05, 3.63) is 125 Å². The van der Waals surface area contributed by atoms with Crippen LogP contribution in [0, 0.1) is 0 Å². The third-order valence-electron chi connectivity index (χ3n) is 7.06. The zero-order chi connectivity index (χ0) is 29.5. The molecule has 7 heteroatoms. The van der Waals surface area contributed by atoms with Gasteiger partial charge in [-0.3, -0.25) is 9.59 Å². The SMILES string of the molecule is CC(C)c1ccc(N(Cc2ccc(C(=O)NCCC(=O)O)cc2)c2nc(-c3ccc(-c4ccccc4)cc3)cs2)cc1. The van der Waals surface area contributed by atoms with Crippen molar-refractivity contribution in [3.63, 3.8) is 0 Å². The highest BCUT2D eigenvalue weighted by Crippen LogP contribution is 2.35. The molecule has 4 aromatic carbocycles. The number of benzene rings is 4. The Kier molecular flexibility index (Phi) is 9.09. The van der Waals surface area contributed by atoms with Crippen LogP contribution < -0.4 is 10.2 Å². The fraction of sp³-hybridized carbons (Fsp3) is 0.171. The monoisotopic (exact) mass is 575 g/mol. The Hall–Kier alpha value is -4.75. The predicted molar refractivity (Wildman–Crippen MR) is 170 cm³/mol. The minimum atomic E-state index is -0.943. The minimum Gasteiger partial charge on any atom is -0.481 e. The third kappa shape index (κ3) is 7.11. The number of rotatable bonds is 11. The van der Waals surface area contributed by atoms with Crippen molar-refractivity contribution in [3.8, 4) is 22.4 Å². The van der Waals surface area contributed by atoms with E-state index in [1.165, 1.54) is 16.7 Å². The van der Waals surface area contributed by atoms with Crippen LogP contribution in [0.1, 0.15) is 47.7 Å². The molecule has 0 saturated heterocycles. The van der Waals surface area contributed by atoms with Crippen molar-refractivity contribution >= 4 is 34.0 Å². The van der Waals surface area contributed by atoms with Crippen LogP contribution in [0.25, 0.3) is 22.4 Å². The molecule has 1 heterocycles. The van der Waals surface area contributed by atoms with E-state index in [1.807, 2.05) is 30.3 Å². The number of aromatic nitrogens is 1. The van der Waals surface area contributed by atoms with Gasteiger partial charge in [0, 0.05) is 28.7 Å². The number of carbonyl (C=O) groups is 2. The summed E-state index contributed by atoms with van der Waals surface area (Å²) in [5.74, 6) is -0.791. The van der Waals surface area contributed by atoms with Gasteiger partial charge in [0.05, 0.1) is 18.7 Å². The number of amides is 1. The number of carbonyl (C=O) groups excluding carboxylic acids is 1. The van der Waals surface area contributed by atoms with Gasteiger partial charge < -0.3 is 15.3 Å². The molecule has 212 valence electrons. The molecule has 0 aliphatic heterocycles. The van der Waals surface area contributed by atoms with Gasteiger partial charge in [0.2, 0.25) is 0 Å². The van der Waals surface area contributed by atoms with Crippen LogP contribution in [-0.2, 0) is 11.3 Å². The molecule has 0 fully saturated rings. The maximum Gasteiger partial charge on any atom is 0.305 e. The Labute approximate surface area is 250 Å². The fourth-order valence-corrected chi connectivity index (χ4v) is 5.48. The Bertz CT molecular complexity index is 1630. The van der Waals surface area contributed by atoms with Crippen LogP contribution in [0.15, 0.2) is 109 Å². The van der Waals surface area contributed by atoms with Crippen LogP contribution in [0.4, 0.5) is 10.8 Å². The first kappa shape index (κ1) is 28.8. The quantitative estimate of drug-likeness (QED) is 0.166. The summed E-state index contributed by atoms with van der Waals surface area (Å²) in [6, 6.07) is 34.8. The summed E-state index contributed by atoms with van der Waals surface area (Å²) in [6.07, 6.45) is -0.110. The number of carboxylic acid groups (broad SMARTS) is 1. The van der Waals surface area contributed by atoms with Gasteiger partial charge >= 0.3 is 5.97 Å². The van der Waals surface area contributed by atoms with Crippen molar-refractivity contribution in [2.45, 2.75) is 32.7 Å². The van der Waals surface area contributed by atoms with E-state index in [0.29, 0.717) is 18.0 Å². The number of hydrogen-bond acceptors (Lipinski definition) is 5. The number of anilines is 2. The van der Waals surface area contributed by atoms with E-state index in [-0.39, 0.29) is 18.9 Å². The van der Waals surface area contributed by atoms with Gasteiger partial charge in [-0.1, -0.05) is 92.7 Å². The normalized spacial score (nSPS) is 10.9. The summed E-state index contributed by atoms with van der Waals surface area (Å²) < 4.78 is 0. The van der Waals surface area contributed by atoms with Crippen molar-refractivity contribution in [1.29, 1.82) is 0 Å². The molecule has 0 radical (unpaired) electrons. The highest BCUT2D eigenvalue weighted by atomic mass is 32.1. The lowest BCUT2D eigenvalue weighted by Crippen LogP contribution is -2.26. The Morgan fingerprint density at radius 2 is 1.48 bits per heavy atom. The van der Waals surface area contributed by atoms with Crippen LogP contribution in [-0.4, -0.2) is 28.5 Å². The first-order chi connectivity index (χ1) is 20.4. The summed E-state index contributed by atoms with van der Waals surface area (Å²) in [6.45, 7) is 5.03. The van der Waals surface area contributed by atoms with Crippen LogP contribution in [0.5, 0.6) is 0 Å². The van der Waals surface area contributed by atoms with Gasteiger partial charge in [-0.2, -0.15) is 0 Å². The number of nitrogens with one attached hydrogen (secondary N) is 1. The molecule has 42 heavy (non-hydrogen) atoms. The van der Waals surface area contributed by atoms with Crippen LogP contribution in [0.3, 0.4) is 0 Å². The minimum absolute atomic E-state index is 0.0947. The maximum atomic E-state index is 12.4. The van der Waals surface area contributed by atoms with Crippen LogP contribution >= 0.6 is 11.3 Å². The van der Waals surface area contributed by atoms with Gasteiger partial charge in [0.15, 0.2) is 5.13 Å². The summed E-state index contributed by atoms with van der Waals surface area (Å²) in [7, 11) is 0. The molecule has 1 aromatic heterocycles. The van der Waals surface area contributed by atoms with E-state index in [9.17, 15) is 9.59 Å². The summed E-state index contributed by atoms with van der Waals surface area (Å²) in [5.41, 5.74) is 8.16. The Morgan fingerprint density at radius 1 is 0.833 bits per heavy atom. The molecular weight excluding hydrogens is 542 g/mol. The lowest BCUT2D eigenvalue weighted by molar-refractivity contribution is -0.136. The van der Waals surface area contributed by atoms with E-state index in [4.69, 9.17) is 10.1 Å². The molecule has 0 saturated carbocycles. The van der Waals surface area contributed by atoms with E-state index in [1.54, 1.807) is 23.5 Å². The highest BCUT2D eigenvalue weighted by molar-refractivity contribution is 7.14. The topological polar surface area (TPSA) is 82.5 Å². The lowest BCUT2D eigenvalue weighted by atomic mass is 10.0. The van der Waals surface area contributed by atoms with Crippen molar-refractivity contribution in [2.24, 2.45) is 0 Å². The van der Waals surface area contributed by atoms with Gasteiger partial charge in [-0.15, -0.1) is 11.3 Å². The number of thiazole rings is 1. The number of aliphatic carboxylic acids is 1. The van der Waals surface area contributed by atoms with E-state index < -0.39 is 5.97 Å². The molecule has 0 bridgehead atoms. The third-order valence-corrected chi connectivity index (χ3v) is 7.93. The maximum absolute atomic E-state index is 12.4. The Balaban J connectivity index is 1.38. The average molecular weight is 576 g/mol. The Morgan fingerprint density at radius 3 is 2.12 bits per heavy atom. The van der Waals surface area contributed by atoms with Gasteiger partial charge in [0.25, 0.3) is 5.91 Å². The first-order valence-corrected chi connectivity index (χ1v) is 14.8. The molecule has 0 atom stereocenters. The first-order valence-electron chi connectivity index (χ1n) is 13.9. The van der Waals surface area contributed by atoms with Crippen molar-refractivity contribution in [2.75, 3.05) is 11.4 Å². The summed E-state index contributed by atoms with van der Waals surface area (Å²) in [5, 5.41) is 14.4. The number of carboxylic acids is 1. The molecule has 0 spiro atoms. The second kappa shape index (κ2) is 13.3. The highest BCUT2D eigenvalue weighted by Gasteiger charge is 2.17. The average Bonchev–Trinajstić information content (AvgIpc) is 3.51. The zero-order valence-corrected chi connectivity index (χ0v) is 24.5. The number of nitrogens with zero attached hydrogens (tertiary/aromatic N) is 2. The van der Waals surface area contributed by atoms with Crippen molar-refractivity contribution < 1.29 is 14.7 Å². The second-order valence-corrected chi connectivity index (χ2v) is 11.2. The number of hydrogen-bond donors (Lipinski definition) is 2. The molecule has 0 aliphatic carbocycles. The smallest absolute Gasteiger partial charge is 0.305 e. The van der Waals surface area contributed by atoms with E-state index >= 15 is 0 Å². The van der Waals surface area contributed by atoms with E-state index in [0.717, 1.165) is 27.6 Å². The van der Waals surface area contributed by atoms with Gasteiger partial charge in [0.1, 0.15) is 0 Å². The molecule has 6 nitrogen and oxygen atoms in total. The molecular formula is C35H33N3O3S. The van der Waals surface area contributed by atoms with E-state index in [2.05, 4.69) is 90.1 Å². The fourth-order valence-electron chi connectivity index (χ4n) is 4.62. The lowest BCUT2D eigenvalue weighted by Gasteiger charge is -2.23. The van der Waals surface area contributed by atoms with Gasteiger partial charge in [-0.25, -0.2) is 4.98 Å². The molecule has 0 aliphatic rings. The standard InChI is InChI=1S/C35H33N3O3S/c1-24(2)26-16-18-31(19-17-26)38(22-25-8-10-30(11-9-25)34(41)36-21-20-33(39)40)35-37-32(23-42-35)29-14-12-28(13-15-29)27-6-4-3-5-7-27/h3-19,23-24H,20-22H2,1-2H3,(H,36,41)(H,39,40). The largest absolute Gasteiger partial charge is 0.481 e. The molecule has 5 aromatic rings. The van der Waals surface area contributed by atoms with Crippen molar-refractivity contribution in [1.82, 2.24) is 10.3 Å². The van der Waals surface area contributed by atoms with Gasteiger partial charge in [-0.05, 0) is 52.4 Å². The molecule has 1 amide bonds. The zero-order valence-electron chi connectivity index (χ0n) is 23.7. The van der Waals surface area contributed by atoms with Crippen LogP contribution in [0.2, 0.25) is 0 Å². The second-order valence-electron chi connectivity index (χ2n) is 10.4.